The van der Waals surface area contributed by atoms with E-state index in [1.54, 1.807) is 12.1 Å². The predicted molar refractivity (Wildman–Crippen MR) is 56.8 cm³/mol. The summed E-state index contributed by atoms with van der Waals surface area (Å²) >= 11 is 0. The number of ether oxygens (including phenoxy) is 1. The molecule has 1 aliphatic heterocycles. The van der Waals surface area contributed by atoms with Crippen LogP contribution in [0.3, 0.4) is 0 Å². The Balaban J connectivity index is 2.25. The Labute approximate surface area is 95.4 Å². The number of amides is 1. The number of nitrogens with zero attached hydrogens (tertiary/aromatic N) is 1. The Morgan fingerprint density at radius 3 is 3.12 bits per heavy atom. The predicted octanol–water partition coefficient (Wildman–Crippen LogP) is 1.21. The Morgan fingerprint density at radius 2 is 2.35 bits per heavy atom. The molecule has 17 heavy (non-hydrogen) atoms. The number of nitrogens with one attached hydrogen (secondary N) is 1. The van der Waals surface area contributed by atoms with Crippen LogP contribution in [0.4, 0.5) is 4.39 Å². The number of primary amides is 1. The van der Waals surface area contributed by atoms with Crippen LogP contribution in [0.5, 0.6) is 5.75 Å². The van der Waals surface area contributed by atoms with Crippen LogP contribution in [-0.4, -0.2) is 16.1 Å². The first-order chi connectivity index (χ1) is 8.16. The van der Waals surface area contributed by atoms with Gasteiger partial charge in [-0.3, -0.25) is 9.89 Å². The summed E-state index contributed by atoms with van der Waals surface area (Å²) in [5, 5.41) is 6.03. The highest BCUT2D eigenvalue weighted by Gasteiger charge is 2.24. The van der Waals surface area contributed by atoms with Gasteiger partial charge in [0.15, 0.2) is 0 Å². The largest absolute Gasteiger partial charge is 0.487 e. The van der Waals surface area contributed by atoms with Crippen LogP contribution in [0.1, 0.15) is 16.1 Å². The van der Waals surface area contributed by atoms with Crippen LogP contribution in [0.15, 0.2) is 18.2 Å². The molecule has 0 aliphatic carbocycles. The van der Waals surface area contributed by atoms with E-state index in [0.29, 0.717) is 28.1 Å². The normalized spacial score (nSPS) is 12.5. The number of aromatic nitrogens is 2. The van der Waals surface area contributed by atoms with Gasteiger partial charge in [0.1, 0.15) is 12.4 Å². The highest BCUT2D eigenvalue weighted by atomic mass is 19.1. The highest BCUT2D eigenvalue weighted by molar-refractivity contribution is 5.95. The molecule has 1 aromatic carbocycles. The van der Waals surface area contributed by atoms with Crippen molar-refractivity contribution in [2.75, 3.05) is 0 Å². The topological polar surface area (TPSA) is 81.0 Å². The molecule has 6 heteroatoms. The van der Waals surface area contributed by atoms with Gasteiger partial charge in [-0.2, -0.15) is 4.39 Å². The number of aromatic amines is 1. The monoisotopic (exact) mass is 233 g/mol. The number of carbonyl (C=O) groups excluding carboxylic acids is 1. The third-order valence-electron chi connectivity index (χ3n) is 2.70. The van der Waals surface area contributed by atoms with E-state index in [-0.39, 0.29) is 6.61 Å². The zero-order valence-corrected chi connectivity index (χ0v) is 8.66. The summed E-state index contributed by atoms with van der Waals surface area (Å²) in [6.07, 6.45) is 0. The number of halogens is 1. The number of benzene rings is 1. The minimum Gasteiger partial charge on any atom is -0.487 e. The van der Waals surface area contributed by atoms with Crippen LogP contribution in [0.2, 0.25) is 0 Å². The van der Waals surface area contributed by atoms with Crippen LogP contribution in [0, 0.1) is 5.95 Å². The Kier molecular flexibility index (Phi) is 1.91. The average Bonchev–Trinajstić information content (AvgIpc) is 2.70. The minimum absolute atomic E-state index is 0.231. The molecule has 0 saturated heterocycles. The summed E-state index contributed by atoms with van der Waals surface area (Å²) in [4.78, 5) is 11.1. The van der Waals surface area contributed by atoms with Crippen LogP contribution in [-0.2, 0) is 6.61 Å². The molecule has 3 N–H and O–H groups in total. The number of rotatable bonds is 1. The molecule has 0 unspecified atom stereocenters. The lowest BCUT2D eigenvalue weighted by molar-refractivity contribution is 0.100. The second-order valence-electron chi connectivity index (χ2n) is 3.73. The zero-order chi connectivity index (χ0) is 12.0. The van der Waals surface area contributed by atoms with E-state index in [4.69, 9.17) is 10.5 Å². The van der Waals surface area contributed by atoms with Gasteiger partial charge in [0.05, 0.1) is 11.3 Å². The average molecular weight is 233 g/mol. The molecule has 1 aliphatic rings. The van der Waals surface area contributed by atoms with Crippen molar-refractivity contribution in [2.24, 2.45) is 5.73 Å². The van der Waals surface area contributed by atoms with E-state index in [1.165, 1.54) is 6.07 Å². The number of H-pyrrole nitrogens is 1. The van der Waals surface area contributed by atoms with Crippen molar-refractivity contribution in [3.05, 3.63) is 35.4 Å². The van der Waals surface area contributed by atoms with Gasteiger partial charge in [-0.05, 0) is 18.2 Å². The molecule has 0 spiro atoms. The summed E-state index contributed by atoms with van der Waals surface area (Å²) in [5.74, 6) is -0.655. The van der Waals surface area contributed by atoms with E-state index in [0.717, 1.165) is 0 Å². The van der Waals surface area contributed by atoms with Crippen molar-refractivity contribution in [3.63, 3.8) is 0 Å². The van der Waals surface area contributed by atoms with Gasteiger partial charge in [0.25, 0.3) is 0 Å². The molecule has 2 aromatic rings. The van der Waals surface area contributed by atoms with Crippen LogP contribution >= 0.6 is 0 Å². The van der Waals surface area contributed by atoms with E-state index >= 15 is 0 Å². The van der Waals surface area contributed by atoms with E-state index in [1.807, 2.05) is 0 Å². The van der Waals surface area contributed by atoms with Crippen LogP contribution in [0.25, 0.3) is 11.1 Å². The summed E-state index contributed by atoms with van der Waals surface area (Å²) in [6, 6.07) is 4.66. The number of nitrogens with two attached hydrogens (primary N) is 1. The molecule has 0 radical (unpaired) electrons. The molecular formula is C11H8FN3O2. The number of fused-ring (bicyclic) bond motifs is 3. The second kappa shape index (κ2) is 3.31. The van der Waals surface area contributed by atoms with Crippen molar-refractivity contribution in [1.82, 2.24) is 10.2 Å². The van der Waals surface area contributed by atoms with Gasteiger partial charge in [-0.25, -0.2) is 0 Å². The summed E-state index contributed by atoms with van der Waals surface area (Å²) in [7, 11) is 0. The van der Waals surface area contributed by atoms with Crippen LogP contribution < -0.4 is 10.5 Å². The maximum Gasteiger partial charge on any atom is 0.248 e. The highest BCUT2D eigenvalue weighted by Crippen LogP contribution is 2.38. The zero-order valence-electron chi connectivity index (χ0n) is 8.66. The molecule has 1 aromatic heterocycles. The minimum atomic E-state index is -0.605. The van der Waals surface area contributed by atoms with Crippen molar-refractivity contribution in [1.29, 1.82) is 0 Å². The molecule has 0 saturated carbocycles. The lowest BCUT2D eigenvalue weighted by Crippen LogP contribution is -2.12. The maximum atomic E-state index is 13.5. The fourth-order valence-corrected chi connectivity index (χ4v) is 1.89. The molecule has 86 valence electrons. The Bertz CT molecular complexity index is 621. The van der Waals surface area contributed by atoms with E-state index in [9.17, 15) is 9.18 Å². The molecule has 0 atom stereocenters. The molecule has 0 fully saturated rings. The lowest BCUT2D eigenvalue weighted by atomic mass is 10.00. The Hall–Kier alpha value is -2.37. The number of hydrogen-bond donors (Lipinski definition) is 2. The van der Waals surface area contributed by atoms with E-state index < -0.39 is 11.9 Å². The van der Waals surface area contributed by atoms with E-state index in [2.05, 4.69) is 10.2 Å². The fourth-order valence-electron chi connectivity index (χ4n) is 1.89. The standard InChI is InChI=1S/C11H8FN3O2/c12-10-9-6-3-5(11(13)16)1-2-8(6)17-4-7(9)14-15-10/h1-3H,4H2,(H2,13,16)(H,14,15). The van der Waals surface area contributed by atoms with Crippen molar-refractivity contribution in [3.8, 4) is 16.9 Å². The summed E-state index contributed by atoms with van der Waals surface area (Å²) in [6.45, 7) is 0.231. The number of carbonyl (C=O) groups is 1. The fraction of sp³-hybridized carbons (Fsp3) is 0.0909. The van der Waals surface area contributed by atoms with Gasteiger partial charge < -0.3 is 10.5 Å². The number of hydrogen-bond acceptors (Lipinski definition) is 3. The van der Waals surface area contributed by atoms with Gasteiger partial charge in [-0.1, -0.05) is 0 Å². The van der Waals surface area contributed by atoms with Crippen molar-refractivity contribution < 1.29 is 13.9 Å². The third kappa shape index (κ3) is 1.37. The molecule has 2 heterocycles. The first-order valence-electron chi connectivity index (χ1n) is 4.96. The molecule has 5 nitrogen and oxygen atoms in total. The van der Waals surface area contributed by atoms with Gasteiger partial charge in [-0.15, -0.1) is 5.10 Å². The first kappa shape index (κ1) is 9.83. The lowest BCUT2D eigenvalue weighted by Gasteiger charge is -2.17. The summed E-state index contributed by atoms with van der Waals surface area (Å²) in [5.41, 5.74) is 6.88. The smallest absolute Gasteiger partial charge is 0.248 e. The molecule has 0 bridgehead atoms. The quantitative estimate of drug-likeness (QED) is 0.776. The van der Waals surface area contributed by atoms with Gasteiger partial charge in [0, 0.05) is 11.1 Å². The third-order valence-corrected chi connectivity index (χ3v) is 2.70. The first-order valence-corrected chi connectivity index (χ1v) is 4.96. The van der Waals surface area contributed by atoms with Crippen molar-refractivity contribution >= 4 is 5.91 Å². The van der Waals surface area contributed by atoms with Crippen molar-refractivity contribution in [2.45, 2.75) is 6.61 Å². The van der Waals surface area contributed by atoms with Gasteiger partial charge >= 0.3 is 0 Å². The van der Waals surface area contributed by atoms with Gasteiger partial charge in [0.2, 0.25) is 11.9 Å². The summed E-state index contributed by atoms with van der Waals surface area (Å²) < 4.78 is 18.9. The maximum absolute atomic E-state index is 13.5. The molecule has 1 amide bonds. The Morgan fingerprint density at radius 1 is 1.53 bits per heavy atom. The molecule has 3 rings (SSSR count). The SMILES string of the molecule is NC(=O)c1ccc2c(c1)-c1c(F)n[nH]c1CO2. The second-order valence-corrected chi connectivity index (χ2v) is 3.73. The molecular weight excluding hydrogens is 225 g/mol.